The molecule has 0 N–H and O–H groups in total. The van der Waals surface area contributed by atoms with Crippen molar-refractivity contribution >= 4 is 64.1 Å². The summed E-state index contributed by atoms with van der Waals surface area (Å²) in [6.45, 7) is 14.3. The van der Waals surface area contributed by atoms with Crippen molar-refractivity contribution in [1.82, 2.24) is 0 Å². The number of fused-ring (bicyclic) bond motifs is 3. The first-order chi connectivity index (χ1) is 18.5. The number of benzene rings is 1. The maximum atomic E-state index is 2.84. The molecule has 0 aliphatic heterocycles. The maximum absolute atomic E-state index is 2.84. The second-order valence-corrected chi connectivity index (χ2v) is 28.6. The van der Waals surface area contributed by atoms with Crippen molar-refractivity contribution in [1.29, 1.82) is 0 Å². The van der Waals surface area contributed by atoms with E-state index in [4.69, 9.17) is 0 Å². The molecule has 0 nitrogen and oxygen atoms in total. The van der Waals surface area contributed by atoms with Crippen LogP contribution in [0.15, 0.2) is 12.1 Å². The van der Waals surface area contributed by atoms with E-state index in [0.717, 1.165) is 0 Å². The summed E-state index contributed by atoms with van der Waals surface area (Å²) < 4.78 is 10.0. The van der Waals surface area contributed by atoms with E-state index in [1.165, 1.54) is 108 Å². The molecule has 0 saturated carbocycles. The van der Waals surface area contributed by atoms with Gasteiger partial charge in [0.1, 0.15) is 0 Å². The summed E-state index contributed by atoms with van der Waals surface area (Å²) in [5.41, 5.74) is 3.51. The van der Waals surface area contributed by atoms with E-state index in [9.17, 15) is 0 Å². The van der Waals surface area contributed by atoms with E-state index in [2.05, 4.69) is 76.3 Å². The van der Waals surface area contributed by atoms with Gasteiger partial charge in [-0.05, 0) is 0 Å². The van der Waals surface area contributed by atoms with Gasteiger partial charge in [0.25, 0.3) is 0 Å². The number of aryl methyl sites for hydroxylation is 3. The Hall–Kier alpha value is -0.0613. The van der Waals surface area contributed by atoms with Gasteiger partial charge in [-0.15, -0.1) is 0 Å². The molecule has 0 amide bonds. The fourth-order valence-electron chi connectivity index (χ4n) is 6.60. The molecule has 2 aromatic heterocycles. The molecule has 214 valence electrons. The molecule has 1 aromatic carbocycles. The summed E-state index contributed by atoms with van der Waals surface area (Å²) in [4.78, 5) is 1.51. The number of hydrogen-bond acceptors (Lipinski definition) is 2. The second-order valence-electron chi connectivity index (χ2n) is 12.1. The van der Waals surface area contributed by atoms with Crippen LogP contribution in [0.1, 0.15) is 141 Å². The molecule has 0 saturated heterocycles. The number of thiophene rings is 2. The van der Waals surface area contributed by atoms with Crippen LogP contribution in [-0.2, 0) is 12.8 Å². The molecule has 0 bridgehead atoms. The van der Waals surface area contributed by atoms with Crippen LogP contribution < -0.4 is 2.89 Å². The zero-order chi connectivity index (χ0) is 27.4. The van der Waals surface area contributed by atoms with Crippen molar-refractivity contribution in [2.45, 2.75) is 158 Å². The third-order valence-electron chi connectivity index (χ3n) is 8.92. The molecule has 3 aromatic rings. The van der Waals surface area contributed by atoms with Gasteiger partial charge in [-0.1, -0.05) is 0 Å². The van der Waals surface area contributed by atoms with E-state index in [-0.39, 0.29) is 0 Å². The third kappa shape index (κ3) is 8.25. The summed E-state index contributed by atoms with van der Waals surface area (Å²) in [6.07, 6.45) is 21.9. The summed E-state index contributed by atoms with van der Waals surface area (Å²) >= 11 is 1.94. The van der Waals surface area contributed by atoms with E-state index < -0.39 is 18.4 Å². The average Bonchev–Trinajstić information content (AvgIpc) is 3.54. The minimum atomic E-state index is -2.46. The van der Waals surface area contributed by atoms with Gasteiger partial charge < -0.3 is 0 Å². The number of rotatable bonds is 20. The molecule has 0 radical (unpaired) electrons. The predicted molar refractivity (Wildman–Crippen MR) is 182 cm³/mol. The summed E-state index contributed by atoms with van der Waals surface area (Å²) in [6, 6.07) is 5.40. The standard InChI is InChI=1S/C23H31S2.3C4H9.Sn/c1-4-6-8-10-12-18-19(13-11-9-7-5-2)21-16-17(3)25-23(21)22-20(18)14-15-24-22;3*1-3-4-2;/h14,16H,4-13H2,1-3H3;3*1,3-4H2,2H3;. The molecular formula is C35H58S2Sn. The Bertz CT molecular complexity index is 1070. The van der Waals surface area contributed by atoms with Gasteiger partial charge in [0, 0.05) is 0 Å². The average molecular weight is 662 g/mol. The normalized spacial score (nSPS) is 12.4. The van der Waals surface area contributed by atoms with Crippen LogP contribution in [0, 0.1) is 6.92 Å². The SMILES string of the molecule is CCCCCCc1c(CCCCCC)c2c[c]([Sn]([CH2]CCC)([CH2]CCC)[CH2]CCC)sc2c2sc(C)cc12. The molecule has 0 spiro atoms. The van der Waals surface area contributed by atoms with Crippen LogP contribution in [0.5, 0.6) is 0 Å². The molecule has 0 aliphatic carbocycles. The van der Waals surface area contributed by atoms with Gasteiger partial charge in [0.05, 0.1) is 0 Å². The van der Waals surface area contributed by atoms with Crippen molar-refractivity contribution in [3.05, 3.63) is 28.1 Å². The Morgan fingerprint density at radius 3 is 1.45 bits per heavy atom. The Balaban J connectivity index is 2.20. The quantitative estimate of drug-likeness (QED) is 0.0835. The zero-order valence-corrected chi connectivity index (χ0v) is 30.4. The Kier molecular flexibility index (Phi) is 14.5. The molecular weight excluding hydrogens is 603 g/mol. The van der Waals surface area contributed by atoms with Gasteiger partial charge in [0.2, 0.25) is 0 Å². The summed E-state index contributed by atoms with van der Waals surface area (Å²) in [7, 11) is 0. The predicted octanol–water partition coefficient (Wildman–Crippen LogP) is 12.7. The molecule has 3 heteroatoms. The van der Waals surface area contributed by atoms with Crippen molar-refractivity contribution in [3.8, 4) is 0 Å². The zero-order valence-electron chi connectivity index (χ0n) is 25.9. The number of unbranched alkanes of at least 4 members (excludes halogenated alkanes) is 9. The molecule has 38 heavy (non-hydrogen) atoms. The van der Waals surface area contributed by atoms with Crippen LogP contribution in [-0.4, -0.2) is 18.4 Å². The minimum absolute atomic E-state index is 1.28. The van der Waals surface area contributed by atoms with E-state index >= 15 is 0 Å². The fraction of sp³-hybridized carbons (Fsp3) is 0.714. The molecule has 0 unspecified atom stereocenters. The van der Waals surface area contributed by atoms with Crippen LogP contribution >= 0.6 is 22.7 Å². The van der Waals surface area contributed by atoms with Crippen molar-refractivity contribution in [3.63, 3.8) is 0 Å². The molecule has 0 fully saturated rings. The van der Waals surface area contributed by atoms with Crippen LogP contribution in [0.3, 0.4) is 0 Å². The third-order valence-corrected chi connectivity index (χ3v) is 29.5. The summed E-state index contributed by atoms with van der Waals surface area (Å²) in [5, 5.41) is 3.33. The Labute approximate surface area is 248 Å². The summed E-state index contributed by atoms with van der Waals surface area (Å²) in [5.74, 6) is 0. The van der Waals surface area contributed by atoms with Crippen LogP contribution in [0.2, 0.25) is 13.3 Å². The van der Waals surface area contributed by atoms with Gasteiger partial charge in [-0.3, -0.25) is 0 Å². The van der Waals surface area contributed by atoms with Crippen LogP contribution in [0.25, 0.3) is 20.2 Å². The van der Waals surface area contributed by atoms with Gasteiger partial charge in [-0.2, -0.15) is 0 Å². The van der Waals surface area contributed by atoms with Crippen molar-refractivity contribution in [2.24, 2.45) is 0 Å². The fourth-order valence-corrected chi connectivity index (χ4v) is 28.1. The molecule has 2 heterocycles. The van der Waals surface area contributed by atoms with Gasteiger partial charge in [0.15, 0.2) is 0 Å². The van der Waals surface area contributed by atoms with Gasteiger partial charge in [-0.25, -0.2) is 0 Å². The Morgan fingerprint density at radius 2 is 0.974 bits per heavy atom. The Morgan fingerprint density at radius 1 is 0.526 bits per heavy atom. The first-order valence-electron chi connectivity index (χ1n) is 16.5. The first kappa shape index (κ1) is 32.5. The van der Waals surface area contributed by atoms with Crippen molar-refractivity contribution in [2.75, 3.05) is 0 Å². The monoisotopic (exact) mass is 662 g/mol. The van der Waals surface area contributed by atoms with E-state index in [1.54, 1.807) is 44.6 Å². The molecule has 0 aliphatic rings. The molecule has 0 atom stereocenters. The topological polar surface area (TPSA) is 0 Å². The van der Waals surface area contributed by atoms with Crippen LogP contribution in [0.4, 0.5) is 0 Å². The van der Waals surface area contributed by atoms with E-state index in [1.807, 2.05) is 2.89 Å². The second kappa shape index (κ2) is 17.0. The van der Waals surface area contributed by atoms with Gasteiger partial charge >= 0.3 is 250 Å². The molecule has 3 rings (SSSR count). The van der Waals surface area contributed by atoms with E-state index in [0.29, 0.717) is 0 Å². The first-order valence-corrected chi connectivity index (χ1v) is 25.6. The van der Waals surface area contributed by atoms with Crippen molar-refractivity contribution < 1.29 is 0 Å². The number of hydrogen-bond donors (Lipinski definition) is 0.